The Balaban J connectivity index is 2.00. The SMILES string of the molecule is CCC1CCc2cc(N=Nc3nnc(C(=O)OC(F)(F)C(F)(F)F)s3)c(NS(=O)(=O)C(F)(F)F)cc2N1CC(C)C. The molecule has 0 saturated carbocycles. The Morgan fingerprint density at radius 3 is 2.37 bits per heavy atom. The highest BCUT2D eigenvalue weighted by atomic mass is 32.2. The predicted octanol–water partition coefficient (Wildman–Crippen LogP) is 6.71. The van der Waals surface area contributed by atoms with Crippen LogP contribution in [-0.2, 0) is 21.2 Å². The van der Waals surface area contributed by atoms with Gasteiger partial charge in [0.1, 0.15) is 5.69 Å². The maximum atomic E-state index is 13.2. The van der Waals surface area contributed by atoms with Crippen LogP contribution in [0, 0.1) is 5.92 Å². The number of fused-ring (bicyclic) bond motifs is 1. The third-order valence-corrected chi connectivity index (χ3v) is 7.54. The van der Waals surface area contributed by atoms with Crippen molar-refractivity contribution >= 4 is 49.5 Å². The largest absolute Gasteiger partial charge is 0.516 e. The maximum Gasteiger partial charge on any atom is 0.516 e. The quantitative estimate of drug-likeness (QED) is 0.184. The molecule has 1 aromatic carbocycles. The lowest BCUT2D eigenvalue weighted by Crippen LogP contribution is -2.41. The van der Waals surface area contributed by atoms with Crippen molar-refractivity contribution in [3.63, 3.8) is 0 Å². The Kier molecular flexibility index (Phi) is 9.16. The molecule has 3 rings (SSSR count). The number of nitrogens with one attached hydrogen (secondary N) is 1. The number of aromatic nitrogens is 2. The molecule has 1 N–H and O–H groups in total. The molecule has 228 valence electrons. The number of azo groups is 1. The van der Waals surface area contributed by atoms with E-state index >= 15 is 0 Å². The number of alkyl halides is 8. The lowest BCUT2D eigenvalue weighted by molar-refractivity contribution is -0.370. The molecule has 1 aliphatic rings. The minimum atomic E-state index is -6.19. The number of carbonyl (C=O) groups is 1. The summed E-state index contributed by atoms with van der Waals surface area (Å²) in [4.78, 5) is 13.6. The Hall–Kier alpha value is -3.16. The van der Waals surface area contributed by atoms with Crippen LogP contribution in [0.4, 0.5) is 57.3 Å². The smallest absolute Gasteiger partial charge is 0.388 e. The molecule has 1 unspecified atom stereocenters. The van der Waals surface area contributed by atoms with Crippen LogP contribution in [0.15, 0.2) is 22.4 Å². The number of ether oxygens (including phenoxy) is 1. The first-order valence-corrected chi connectivity index (χ1v) is 14.0. The van der Waals surface area contributed by atoms with Gasteiger partial charge in [0, 0.05) is 18.3 Å². The molecular formula is C21H22F8N6O4S2. The molecule has 20 heteroatoms. The van der Waals surface area contributed by atoms with E-state index in [0.717, 1.165) is 0 Å². The number of nitrogens with zero attached hydrogens (tertiary/aromatic N) is 5. The summed E-state index contributed by atoms with van der Waals surface area (Å²) < 4.78 is 131. The van der Waals surface area contributed by atoms with Crippen molar-refractivity contribution in [1.82, 2.24) is 10.2 Å². The first-order chi connectivity index (χ1) is 18.8. The van der Waals surface area contributed by atoms with Gasteiger partial charge in [-0.25, -0.2) is 4.79 Å². The van der Waals surface area contributed by atoms with Crippen LogP contribution in [0.25, 0.3) is 0 Å². The first kappa shape index (κ1) is 32.4. The van der Waals surface area contributed by atoms with Gasteiger partial charge in [-0.3, -0.25) is 4.72 Å². The average molecular weight is 639 g/mol. The fourth-order valence-corrected chi connectivity index (χ4v) is 4.96. The molecule has 1 aliphatic heterocycles. The van der Waals surface area contributed by atoms with Crippen LogP contribution in [0.2, 0.25) is 0 Å². The zero-order valence-electron chi connectivity index (χ0n) is 21.3. The van der Waals surface area contributed by atoms with E-state index < -0.39 is 49.6 Å². The first-order valence-electron chi connectivity index (χ1n) is 11.7. The molecule has 41 heavy (non-hydrogen) atoms. The molecule has 10 nitrogen and oxygen atoms in total. The van der Waals surface area contributed by atoms with Gasteiger partial charge in [-0.1, -0.05) is 32.1 Å². The number of anilines is 2. The number of hydrogen-bond donors (Lipinski definition) is 1. The molecule has 1 atom stereocenters. The van der Waals surface area contributed by atoms with E-state index in [1.807, 2.05) is 25.7 Å². The number of aryl methyl sites for hydroxylation is 1. The second kappa shape index (κ2) is 11.6. The van der Waals surface area contributed by atoms with Gasteiger partial charge in [0.05, 0.1) is 5.69 Å². The van der Waals surface area contributed by atoms with Gasteiger partial charge in [-0.2, -0.15) is 43.5 Å². The van der Waals surface area contributed by atoms with Crippen LogP contribution in [-0.4, -0.2) is 55.0 Å². The molecule has 0 spiro atoms. The van der Waals surface area contributed by atoms with E-state index in [9.17, 15) is 48.3 Å². The maximum absolute atomic E-state index is 13.2. The van der Waals surface area contributed by atoms with Crippen LogP contribution in [0.5, 0.6) is 0 Å². The zero-order valence-corrected chi connectivity index (χ0v) is 23.0. The third-order valence-electron chi connectivity index (χ3n) is 5.66. The zero-order chi connectivity index (χ0) is 31.0. The molecule has 0 radical (unpaired) electrons. The molecule has 0 fully saturated rings. The Morgan fingerprint density at radius 2 is 1.80 bits per heavy atom. The van der Waals surface area contributed by atoms with Gasteiger partial charge in [-0.15, -0.1) is 20.4 Å². The van der Waals surface area contributed by atoms with E-state index in [2.05, 4.69) is 25.2 Å². The van der Waals surface area contributed by atoms with E-state index in [0.29, 0.717) is 37.1 Å². The van der Waals surface area contributed by atoms with Crippen molar-refractivity contribution < 1.29 is 53.1 Å². The van der Waals surface area contributed by atoms with Gasteiger partial charge in [0.25, 0.3) is 5.13 Å². The fourth-order valence-electron chi connectivity index (χ4n) is 3.85. The molecule has 2 heterocycles. The van der Waals surface area contributed by atoms with E-state index in [1.54, 1.807) is 0 Å². The molecule has 0 saturated heterocycles. The van der Waals surface area contributed by atoms with Crippen molar-refractivity contribution in [2.75, 3.05) is 16.2 Å². The average Bonchev–Trinajstić information content (AvgIpc) is 3.30. The Morgan fingerprint density at radius 1 is 1.15 bits per heavy atom. The molecule has 1 aromatic heterocycles. The molecule has 0 amide bonds. The van der Waals surface area contributed by atoms with Crippen molar-refractivity contribution in [2.45, 2.75) is 63.9 Å². The number of rotatable bonds is 9. The summed E-state index contributed by atoms with van der Waals surface area (Å²) in [5, 5.41) is 12.0. The summed E-state index contributed by atoms with van der Waals surface area (Å²) >= 11 is 0.0893. The lowest BCUT2D eigenvalue weighted by atomic mass is 9.92. The Labute approximate surface area is 231 Å². The summed E-state index contributed by atoms with van der Waals surface area (Å²) in [6.07, 6.45) is -10.1. The van der Waals surface area contributed by atoms with E-state index in [4.69, 9.17) is 0 Å². The third kappa shape index (κ3) is 7.38. The summed E-state index contributed by atoms with van der Waals surface area (Å²) in [6, 6.07) is 2.54. The predicted molar refractivity (Wildman–Crippen MR) is 130 cm³/mol. The van der Waals surface area contributed by atoms with E-state index in [-0.39, 0.29) is 29.0 Å². The summed E-state index contributed by atoms with van der Waals surface area (Å²) in [5.74, 6) is -2.02. The minimum absolute atomic E-state index is 0.0359. The van der Waals surface area contributed by atoms with Gasteiger partial charge in [-0.05, 0) is 42.9 Å². The number of esters is 1. The van der Waals surface area contributed by atoms with Crippen LogP contribution in [0.1, 0.15) is 49.0 Å². The molecule has 0 aliphatic carbocycles. The van der Waals surface area contributed by atoms with E-state index in [1.165, 1.54) is 16.9 Å². The number of benzene rings is 1. The lowest BCUT2D eigenvalue weighted by Gasteiger charge is -2.40. The monoisotopic (exact) mass is 638 g/mol. The minimum Gasteiger partial charge on any atom is -0.388 e. The summed E-state index contributed by atoms with van der Waals surface area (Å²) in [5.41, 5.74) is -5.55. The second-order valence-electron chi connectivity index (χ2n) is 9.19. The van der Waals surface area contributed by atoms with Gasteiger partial charge in [0.2, 0.25) is 5.01 Å². The van der Waals surface area contributed by atoms with Crippen molar-refractivity contribution in [2.24, 2.45) is 16.1 Å². The van der Waals surface area contributed by atoms with Crippen LogP contribution in [0.3, 0.4) is 0 Å². The summed E-state index contributed by atoms with van der Waals surface area (Å²) in [6.45, 7) is 6.34. The van der Waals surface area contributed by atoms with Crippen molar-refractivity contribution in [3.8, 4) is 0 Å². The highest BCUT2D eigenvalue weighted by Gasteiger charge is 2.62. The second-order valence-corrected chi connectivity index (χ2v) is 11.8. The number of carbonyl (C=O) groups excluding carboxylic acids is 1. The highest BCUT2D eigenvalue weighted by molar-refractivity contribution is 7.93. The molecule has 0 bridgehead atoms. The molecule has 2 aromatic rings. The van der Waals surface area contributed by atoms with Gasteiger partial charge < -0.3 is 9.64 Å². The number of hydrogen-bond acceptors (Lipinski definition) is 10. The number of halogens is 8. The van der Waals surface area contributed by atoms with Crippen LogP contribution >= 0.6 is 11.3 Å². The van der Waals surface area contributed by atoms with Gasteiger partial charge >= 0.3 is 33.8 Å². The number of sulfonamides is 1. The molecular weight excluding hydrogens is 616 g/mol. The van der Waals surface area contributed by atoms with Crippen LogP contribution < -0.4 is 9.62 Å². The standard InChI is InChI=1S/C21H22F8N6O4S2/c1-4-12-6-5-11-7-13(14(34-41(37,38)21(27,28)29)8-15(11)35(12)9-10(2)3)30-32-18-33-31-16(40-18)17(36)39-20(25,26)19(22,23)24/h7-8,10,12,34H,4-6,9H2,1-3H3. The van der Waals surface area contributed by atoms with Gasteiger partial charge in [0.15, 0.2) is 0 Å². The fraction of sp³-hybridized carbons (Fsp3) is 0.571. The Bertz CT molecular complexity index is 1410. The normalized spacial score (nSPS) is 16.8. The van der Waals surface area contributed by atoms with Crippen molar-refractivity contribution in [3.05, 3.63) is 22.7 Å². The highest BCUT2D eigenvalue weighted by Crippen LogP contribution is 2.42. The topological polar surface area (TPSA) is 126 Å². The van der Waals surface area contributed by atoms with Crippen molar-refractivity contribution in [1.29, 1.82) is 0 Å². The summed E-state index contributed by atoms with van der Waals surface area (Å²) in [7, 11) is -5.90.